The highest BCUT2D eigenvalue weighted by Crippen LogP contribution is 2.19. The summed E-state index contributed by atoms with van der Waals surface area (Å²) in [5.41, 5.74) is 5.96. The fraction of sp³-hybridized carbons (Fsp3) is 0.462. The lowest BCUT2D eigenvalue weighted by Crippen LogP contribution is -2.43. The molecule has 100 valence electrons. The van der Waals surface area contributed by atoms with E-state index in [0.717, 1.165) is 12.0 Å². The van der Waals surface area contributed by atoms with E-state index in [-0.39, 0.29) is 12.4 Å². The van der Waals surface area contributed by atoms with Gasteiger partial charge < -0.3 is 21.4 Å². The van der Waals surface area contributed by atoms with Crippen LogP contribution in [0.1, 0.15) is 25.3 Å². The molecule has 0 amide bonds. The van der Waals surface area contributed by atoms with Gasteiger partial charge in [-0.3, -0.25) is 0 Å². The van der Waals surface area contributed by atoms with Gasteiger partial charge in [0.2, 0.25) is 0 Å². The van der Waals surface area contributed by atoms with Crippen molar-refractivity contribution >= 4 is 5.84 Å². The van der Waals surface area contributed by atoms with Crippen molar-refractivity contribution in [2.24, 2.45) is 10.9 Å². The maximum Gasteiger partial charge on any atom is 0.139 e. The normalized spacial score (nSPS) is 15.3. The average Bonchev–Trinajstić information content (AvgIpc) is 2.44. The molecule has 0 radical (unpaired) electrons. The van der Waals surface area contributed by atoms with E-state index < -0.39 is 5.54 Å². The predicted octanol–water partition coefficient (Wildman–Crippen LogP) is 1.01. The first-order chi connectivity index (χ1) is 8.62. The molecule has 0 saturated carbocycles. The van der Waals surface area contributed by atoms with Crippen LogP contribution in [0.2, 0.25) is 0 Å². The Labute approximate surface area is 107 Å². The number of nitrogens with two attached hydrogens (primary N) is 1. The lowest BCUT2D eigenvalue weighted by Gasteiger charge is -2.29. The van der Waals surface area contributed by atoms with Gasteiger partial charge in [0.15, 0.2) is 0 Å². The second-order valence-corrected chi connectivity index (χ2v) is 4.48. The maximum atomic E-state index is 9.54. The first kappa shape index (κ1) is 14.5. The van der Waals surface area contributed by atoms with E-state index in [2.05, 4.69) is 10.5 Å². The number of benzene rings is 1. The molecule has 1 unspecified atom stereocenters. The fourth-order valence-corrected chi connectivity index (χ4v) is 1.74. The largest absolute Gasteiger partial charge is 0.409 e. The number of amidine groups is 1. The average molecular weight is 251 g/mol. The summed E-state index contributed by atoms with van der Waals surface area (Å²) >= 11 is 0. The van der Waals surface area contributed by atoms with E-state index >= 15 is 0 Å². The fourth-order valence-electron chi connectivity index (χ4n) is 1.74. The number of aliphatic hydroxyl groups is 1. The summed E-state index contributed by atoms with van der Waals surface area (Å²) in [6.45, 7) is 2.65. The Morgan fingerprint density at radius 2 is 2.06 bits per heavy atom. The number of nitrogens with one attached hydrogen (secondary N) is 1. The van der Waals surface area contributed by atoms with Gasteiger partial charge in [-0.2, -0.15) is 0 Å². The minimum Gasteiger partial charge on any atom is -0.409 e. The van der Waals surface area contributed by atoms with Gasteiger partial charge in [0.25, 0.3) is 0 Å². The molecule has 18 heavy (non-hydrogen) atoms. The van der Waals surface area contributed by atoms with Crippen molar-refractivity contribution in [3.63, 3.8) is 0 Å². The zero-order valence-electron chi connectivity index (χ0n) is 10.6. The van der Waals surface area contributed by atoms with Crippen molar-refractivity contribution in [3.05, 3.63) is 35.9 Å². The zero-order chi connectivity index (χ0) is 13.4. The Bertz CT molecular complexity index is 381. The number of hydrogen-bond acceptors (Lipinski definition) is 4. The molecule has 5 heteroatoms. The van der Waals surface area contributed by atoms with Gasteiger partial charge >= 0.3 is 0 Å². The van der Waals surface area contributed by atoms with E-state index in [4.69, 9.17) is 10.9 Å². The van der Waals surface area contributed by atoms with Crippen LogP contribution >= 0.6 is 0 Å². The highest BCUT2D eigenvalue weighted by molar-refractivity contribution is 5.79. The Kier molecular flexibility index (Phi) is 5.61. The van der Waals surface area contributed by atoms with Crippen LogP contribution in [0.25, 0.3) is 0 Å². The van der Waals surface area contributed by atoms with Crippen LogP contribution in [0, 0.1) is 0 Å². The number of oxime groups is 1. The van der Waals surface area contributed by atoms with E-state index in [9.17, 15) is 5.11 Å². The summed E-state index contributed by atoms with van der Waals surface area (Å²) in [7, 11) is 0. The van der Waals surface area contributed by atoms with E-state index in [1.165, 1.54) is 0 Å². The number of nitrogens with zero attached hydrogens (tertiary/aromatic N) is 1. The van der Waals surface area contributed by atoms with Crippen LogP contribution < -0.4 is 11.1 Å². The van der Waals surface area contributed by atoms with Crippen molar-refractivity contribution in [1.29, 1.82) is 0 Å². The molecule has 0 aromatic heterocycles. The topological polar surface area (TPSA) is 90.9 Å². The lowest BCUT2D eigenvalue weighted by molar-refractivity contribution is 0.175. The minimum atomic E-state index is -0.466. The molecule has 0 aliphatic rings. The molecule has 1 aromatic rings. The summed E-state index contributed by atoms with van der Waals surface area (Å²) < 4.78 is 0. The molecule has 5 N–H and O–H groups in total. The molecule has 0 heterocycles. The molecule has 0 bridgehead atoms. The molecule has 0 spiro atoms. The van der Waals surface area contributed by atoms with Crippen LogP contribution in [0.3, 0.4) is 0 Å². The highest BCUT2D eigenvalue weighted by atomic mass is 16.4. The van der Waals surface area contributed by atoms with Crippen LogP contribution in [0.15, 0.2) is 35.5 Å². The first-order valence-electron chi connectivity index (χ1n) is 6.00. The molecule has 5 nitrogen and oxygen atoms in total. The van der Waals surface area contributed by atoms with Crippen LogP contribution in [0.5, 0.6) is 0 Å². The lowest BCUT2D eigenvalue weighted by atomic mass is 9.93. The van der Waals surface area contributed by atoms with Crippen molar-refractivity contribution in [2.45, 2.75) is 25.3 Å². The van der Waals surface area contributed by atoms with Gasteiger partial charge in [-0.1, -0.05) is 35.5 Å². The molecule has 0 aliphatic heterocycles. The van der Waals surface area contributed by atoms with Crippen LogP contribution in [-0.2, 0) is 5.54 Å². The van der Waals surface area contributed by atoms with Crippen molar-refractivity contribution in [3.8, 4) is 0 Å². The highest BCUT2D eigenvalue weighted by Gasteiger charge is 2.24. The Hall–Kier alpha value is -1.59. The number of aliphatic hydroxyl groups excluding tert-OH is 1. The molecular weight excluding hydrogens is 230 g/mol. The summed E-state index contributed by atoms with van der Waals surface area (Å²) in [4.78, 5) is 0. The maximum absolute atomic E-state index is 9.54. The second kappa shape index (κ2) is 6.98. The smallest absolute Gasteiger partial charge is 0.139 e. The number of rotatable bonds is 7. The van der Waals surface area contributed by atoms with Crippen molar-refractivity contribution in [2.75, 3.05) is 13.2 Å². The van der Waals surface area contributed by atoms with Gasteiger partial charge in [0, 0.05) is 6.42 Å². The summed E-state index contributed by atoms with van der Waals surface area (Å²) in [6.07, 6.45) is 1.28. The number of hydrogen-bond donors (Lipinski definition) is 4. The third-order valence-corrected chi connectivity index (χ3v) is 2.98. The summed E-state index contributed by atoms with van der Waals surface area (Å²) in [5, 5.41) is 24.2. The summed E-state index contributed by atoms with van der Waals surface area (Å²) in [5.74, 6) is 0.224. The van der Waals surface area contributed by atoms with Gasteiger partial charge in [0.1, 0.15) is 5.84 Å². The van der Waals surface area contributed by atoms with Crippen molar-refractivity contribution in [1.82, 2.24) is 5.32 Å². The van der Waals surface area contributed by atoms with E-state index in [0.29, 0.717) is 13.0 Å². The molecule has 0 fully saturated rings. The summed E-state index contributed by atoms with van der Waals surface area (Å²) in [6, 6.07) is 9.79. The third kappa shape index (κ3) is 4.01. The minimum absolute atomic E-state index is 0.0145. The quantitative estimate of drug-likeness (QED) is 0.191. The van der Waals surface area contributed by atoms with Crippen LogP contribution in [-0.4, -0.2) is 29.3 Å². The molecule has 1 atom stereocenters. The second-order valence-electron chi connectivity index (χ2n) is 4.48. The van der Waals surface area contributed by atoms with Gasteiger partial charge in [-0.05, 0) is 25.5 Å². The van der Waals surface area contributed by atoms with E-state index in [1.54, 1.807) is 0 Å². The SMILES string of the molecule is CC(CO)(NCCC/C(N)=N/O)c1ccccc1. The van der Waals surface area contributed by atoms with Gasteiger partial charge in [-0.25, -0.2) is 0 Å². The Balaban J connectivity index is 2.51. The predicted molar refractivity (Wildman–Crippen MR) is 71.5 cm³/mol. The Morgan fingerprint density at radius 3 is 2.61 bits per heavy atom. The monoisotopic (exact) mass is 251 g/mol. The molecule has 0 saturated heterocycles. The van der Waals surface area contributed by atoms with Crippen molar-refractivity contribution < 1.29 is 10.3 Å². The molecule has 1 aromatic carbocycles. The standard InChI is InChI=1S/C13H21N3O2/c1-13(10-17,11-6-3-2-4-7-11)15-9-5-8-12(14)16-18/h2-4,6-7,15,17-18H,5,8-10H2,1H3,(H2,14,16). The first-order valence-corrected chi connectivity index (χ1v) is 6.00. The zero-order valence-corrected chi connectivity index (χ0v) is 10.6. The Morgan fingerprint density at radius 1 is 1.39 bits per heavy atom. The molecular formula is C13H21N3O2. The van der Waals surface area contributed by atoms with Crippen LogP contribution in [0.4, 0.5) is 0 Å². The third-order valence-electron chi connectivity index (χ3n) is 2.98. The van der Waals surface area contributed by atoms with Gasteiger partial charge in [0.05, 0.1) is 12.1 Å². The molecule has 1 rings (SSSR count). The molecule has 0 aliphatic carbocycles. The van der Waals surface area contributed by atoms with Gasteiger partial charge in [-0.15, -0.1) is 0 Å². The van der Waals surface area contributed by atoms with E-state index in [1.807, 2.05) is 37.3 Å².